The van der Waals surface area contributed by atoms with Gasteiger partial charge in [-0.3, -0.25) is 9.89 Å². The molecule has 2 aromatic heterocycles. The molecule has 2 aromatic carbocycles. The highest BCUT2D eigenvalue weighted by Crippen LogP contribution is 2.41. The smallest absolute Gasteiger partial charge is 0.251 e. The van der Waals surface area contributed by atoms with Crippen LogP contribution >= 0.6 is 0 Å². The summed E-state index contributed by atoms with van der Waals surface area (Å²) in [5.41, 5.74) is 4.87. The van der Waals surface area contributed by atoms with E-state index in [1.54, 1.807) is 18.2 Å². The second kappa shape index (κ2) is 7.54. The molecule has 1 amide bonds. The fourth-order valence-electron chi connectivity index (χ4n) is 4.89. The molecule has 0 radical (unpaired) electrons. The minimum Gasteiger partial charge on any atom is -0.371 e. The Bertz CT molecular complexity index is 1350. The van der Waals surface area contributed by atoms with Gasteiger partial charge >= 0.3 is 0 Å². The van der Waals surface area contributed by atoms with Gasteiger partial charge in [-0.1, -0.05) is 0 Å². The minimum atomic E-state index is -2.58. The predicted octanol–water partition coefficient (Wildman–Crippen LogP) is 4.48. The molecule has 1 aliphatic heterocycles. The number of rotatable bonds is 5. The van der Waals surface area contributed by atoms with E-state index in [-0.39, 0.29) is 31.2 Å². The van der Waals surface area contributed by atoms with Gasteiger partial charge in [0.15, 0.2) is 5.82 Å². The SMILES string of the molecule is O=C(NCC1CC(F)(F)C1)c1ccc2[nH]nc(-c3nc4ccc(N5CCCC5)cc4[nH]3)c2c1. The van der Waals surface area contributed by atoms with Crippen LogP contribution in [0.4, 0.5) is 14.5 Å². The molecular formula is C24H24F2N6O. The largest absolute Gasteiger partial charge is 0.371 e. The molecule has 0 unspecified atom stereocenters. The van der Waals surface area contributed by atoms with E-state index in [4.69, 9.17) is 4.98 Å². The molecule has 7 nitrogen and oxygen atoms in total. The monoisotopic (exact) mass is 450 g/mol. The van der Waals surface area contributed by atoms with Crippen LogP contribution in [-0.2, 0) is 0 Å². The van der Waals surface area contributed by atoms with E-state index < -0.39 is 5.92 Å². The fourth-order valence-corrected chi connectivity index (χ4v) is 4.89. The number of alkyl halides is 2. The van der Waals surface area contributed by atoms with Crippen LogP contribution in [-0.4, -0.2) is 51.6 Å². The Labute approximate surface area is 188 Å². The summed E-state index contributed by atoms with van der Waals surface area (Å²) in [6, 6.07) is 11.5. The number of imidazole rings is 1. The molecule has 6 rings (SSSR count). The van der Waals surface area contributed by atoms with Gasteiger partial charge < -0.3 is 15.2 Å². The van der Waals surface area contributed by atoms with Crippen LogP contribution in [0, 0.1) is 5.92 Å². The minimum absolute atomic E-state index is 0.163. The van der Waals surface area contributed by atoms with Gasteiger partial charge in [-0.25, -0.2) is 13.8 Å². The summed E-state index contributed by atoms with van der Waals surface area (Å²) in [5.74, 6) is -2.40. The lowest BCUT2D eigenvalue weighted by Crippen LogP contribution is -2.42. The van der Waals surface area contributed by atoms with Gasteiger partial charge in [-0.15, -0.1) is 0 Å². The predicted molar refractivity (Wildman–Crippen MR) is 123 cm³/mol. The number of aromatic nitrogens is 4. The Morgan fingerprint density at radius 3 is 2.73 bits per heavy atom. The third kappa shape index (κ3) is 3.71. The molecule has 1 saturated heterocycles. The Balaban J connectivity index is 1.26. The van der Waals surface area contributed by atoms with Crippen molar-refractivity contribution in [2.45, 2.75) is 31.6 Å². The molecule has 3 heterocycles. The topological polar surface area (TPSA) is 89.7 Å². The van der Waals surface area contributed by atoms with Crippen molar-refractivity contribution in [1.82, 2.24) is 25.5 Å². The van der Waals surface area contributed by atoms with E-state index >= 15 is 0 Å². The molecular weight excluding hydrogens is 426 g/mol. The Morgan fingerprint density at radius 1 is 1.12 bits per heavy atom. The number of halogens is 2. The number of nitrogens with zero attached hydrogens (tertiary/aromatic N) is 3. The van der Waals surface area contributed by atoms with Crippen molar-refractivity contribution >= 4 is 33.5 Å². The molecule has 3 N–H and O–H groups in total. The summed E-state index contributed by atoms with van der Waals surface area (Å²) in [5, 5.41) is 11.0. The van der Waals surface area contributed by atoms with Crippen LogP contribution in [0.3, 0.4) is 0 Å². The Kier molecular flexibility index (Phi) is 4.60. The van der Waals surface area contributed by atoms with Crippen molar-refractivity contribution in [2.75, 3.05) is 24.5 Å². The quantitative estimate of drug-likeness (QED) is 0.418. The van der Waals surface area contributed by atoms with E-state index in [0.717, 1.165) is 35.0 Å². The first kappa shape index (κ1) is 20.1. The third-order valence-corrected chi connectivity index (χ3v) is 6.71. The first-order valence-corrected chi connectivity index (χ1v) is 11.3. The number of nitrogens with one attached hydrogen (secondary N) is 3. The maximum absolute atomic E-state index is 13.0. The highest BCUT2D eigenvalue weighted by molar-refractivity contribution is 6.01. The van der Waals surface area contributed by atoms with E-state index in [9.17, 15) is 13.6 Å². The molecule has 0 spiro atoms. The van der Waals surface area contributed by atoms with Crippen LogP contribution in [0.5, 0.6) is 0 Å². The lowest BCUT2D eigenvalue weighted by molar-refractivity contribution is -0.108. The van der Waals surface area contributed by atoms with Crippen LogP contribution in [0.2, 0.25) is 0 Å². The first-order chi connectivity index (χ1) is 15.9. The van der Waals surface area contributed by atoms with Crippen molar-refractivity contribution in [3.63, 3.8) is 0 Å². The van der Waals surface area contributed by atoms with Gasteiger partial charge in [0.1, 0.15) is 5.69 Å². The molecule has 1 saturated carbocycles. The fraction of sp³-hybridized carbons (Fsp3) is 0.375. The van der Waals surface area contributed by atoms with E-state index in [1.807, 2.05) is 6.07 Å². The van der Waals surface area contributed by atoms with Gasteiger partial charge in [0, 0.05) is 49.1 Å². The summed E-state index contributed by atoms with van der Waals surface area (Å²) in [6.07, 6.45) is 2.11. The van der Waals surface area contributed by atoms with Crippen LogP contribution in [0.1, 0.15) is 36.0 Å². The maximum atomic E-state index is 13.0. The van der Waals surface area contributed by atoms with E-state index in [0.29, 0.717) is 17.1 Å². The zero-order chi connectivity index (χ0) is 22.6. The number of hydrogen-bond donors (Lipinski definition) is 3. The number of carbonyl (C=O) groups excluding carboxylic acids is 1. The lowest BCUT2D eigenvalue weighted by atomic mass is 9.81. The Morgan fingerprint density at radius 2 is 1.94 bits per heavy atom. The van der Waals surface area contributed by atoms with Crippen LogP contribution in [0.25, 0.3) is 33.5 Å². The van der Waals surface area contributed by atoms with E-state index in [1.165, 1.54) is 18.5 Å². The standard InChI is InChI=1S/C24H24F2N6O/c25-24(26)11-14(12-24)13-27-23(33)15-3-5-18-17(9-15)21(31-30-18)22-28-19-6-4-16(10-20(19)29-22)32-7-1-2-8-32/h3-6,9-10,14H,1-2,7-8,11-13H2,(H,27,33)(H,28,29)(H,30,31). The van der Waals surface area contributed by atoms with Crippen molar-refractivity contribution in [3.8, 4) is 11.5 Å². The average Bonchev–Trinajstić information content (AvgIpc) is 3.53. The summed E-state index contributed by atoms with van der Waals surface area (Å²) in [6.45, 7) is 2.41. The molecule has 0 atom stereocenters. The summed E-state index contributed by atoms with van der Waals surface area (Å²) < 4.78 is 26.0. The highest BCUT2D eigenvalue weighted by Gasteiger charge is 2.45. The molecule has 1 aliphatic carbocycles. The van der Waals surface area contributed by atoms with Gasteiger partial charge in [0.25, 0.3) is 5.91 Å². The van der Waals surface area contributed by atoms with Crippen LogP contribution < -0.4 is 10.2 Å². The molecule has 4 aromatic rings. The van der Waals surface area contributed by atoms with Gasteiger partial charge in [0.05, 0.1) is 16.6 Å². The number of anilines is 1. The van der Waals surface area contributed by atoms with Gasteiger partial charge in [-0.2, -0.15) is 5.10 Å². The lowest BCUT2D eigenvalue weighted by Gasteiger charge is -2.34. The molecule has 9 heteroatoms. The second-order valence-electron chi connectivity index (χ2n) is 9.15. The first-order valence-electron chi connectivity index (χ1n) is 11.3. The zero-order valence-electron chi connectivity index (χ0n) is 18.0. The number of benzene rings is 2. The summed E-state index contributed by atoms with van der Waals surface area (Å²) in [7, 11) is 0. The maximum Gasteiger partial charge on any atom is 0.251 e. The van der Waals surface area contributed by atoms with E-state index in [2.05, 4.69) is 37.5 Å². The number of aromatic amines is 2. The summed E-state index contributed by atoms with van der Waals surface area (Å²) >= 11 is 0. The highest BCUT2D eigenvalue weighted by atomic mass is 19.3. The Hall–Kier alpha value is -3.49. The van der Waals surface area contributed by atoms with Crippen molar-refractivity contribution in [2.24, 2.45) is 5.92 Å². The number of carbonyl (C=O) groups is 1. The number of H-pyrrole nitrogens is 2. The molecule has 0 bridgehead atoms. The molecule has 2 aliphatic rings. The molecule has 33 heavy (non-hydrogen) atoms. The summed E-state index contributed by atoms with van der Waals surface area (Å²) in [4.78, 5) is 23.1. The third-order valence-electron chi connectivity index (χ3n) is 6.71. The number of amides is 1. The molecule has 2 fully saturated rings. The second-order valence-corrected chi connectivity index (χ2v) is 9.15. The van der Waals surface area contributed by atoms with Crippen LogP contribution in [0.15, 0.2) is 36.4 Å². The van der Waals surface area contributed by atoms with Gasteiger partial charge in [0.2, 0.25) is 5.92 Å². The zero-order valence-corrected chi connectivity index (χ0v) is 18.0. The van der Waals surface area contributed by atoms with Crippen molar-refractivity contribution < 1.29 is 13.6 Å². The van der Waals surface area contributed by atoms with Crippen molar-refractivity contribution in [3.05, 3.63) is 42.0 Å². The average molecular weight is 450 g/mol. The molecule has 170 valence electrons. The number of hydrogen-bond acceptors (Lipinski definition) is 4. The van der Waals surface area contributed by atoms with Crippen molar-refractivity contribution in [1.29, 1.82) is 0 Å². The van der Waals surface area contributed by atoms with Gasteiger partial charge in [-0.05, 0) is 55.2 Å². The normalized spacial score (nSPS) is 18.2. The number of fused-ring (bicyclic) bond motifs is 2.